The number of carbonyl (C=O) groups is 1. The molecule has 0 amide bonds. The van der Waals surface area contributed by atoms with E-state index in [4.69, 9.17) is 23.7 Å². The summed E-state index contributed by atoms with van der Waals surface area (Å²) < 4.78 is 27.9. The van der Waals surface area contributed by atoms with Gasteiger partial charge in [0.05, 0.1) is 19.1 Å². The van der Waals surface area contributed by atoms with Gasteiger partial charge in [-0.15, -0.1) is 0 Å². The Labute approximate surface area is 238 Å². The van der Waals surface area contributed by atoms with Crippen molar-refractivity contribution in [3.05, 3.63) is 41.5 Å². The molecule has 2 aromatic carbocycles. The molecule has 3 heterocycles. The average Bonchev–Trinajstić information content (AvgIpc) is 2.95. The Morgan fingerprint density at radius 2 is 1.48 bits per heavy atom. The standard InChI is InChI=1S/C27H32O15/c1-9-20(32)22(34)24(36)26(39-9)38-8-18-21(33)23(35)25(37)27(42-18)40-11-5-14(30)19-15(31)7-16(41-17(19)6-11)10-2-3-12(28)13(29)4-10/h2-6,9,16,18,20-30,32-37H,7-8H2,1H3/t9-,16+,18-,20-,21+,22+,23+,24+,25+,26-,27-/m1/s1. The van der Waals surface area contributed by atoms with E-state index in [2.05, 4.69) is 0 Å². The minimum atomic E-state index is -1.78. The van der Waals surface area contributed by atoms with Crippen LogP contribution in [0.4, 0.5) is 0 Å². The molecule has 3 aliphatic rings. The van der Waals surface area contributed by atoms with Gasteiger partial charge in [-0.25, -0.2) is 0 Å². The largest absolute Gasteiger partial charge is 0.507 e. The summed E-state index contributed by atoms with van der Waals surface area (Å²) in [5.74, 6) is -1.96. The van der Waals surface area contributed by atoms with Gasteiger partial charge in [-0.05, 0) is 24.6 Å². The molecule has 230 valence electrons. The van der Waals surface area contributed by atoms with Crippen LogP contribution >= 0.6 is 0 Å². The molecule has 2 saturated heterocycles. The lowest BCUT2D eigenvalue weighted by atomic mass is 9.95. The monoisotopic (exact) mass is 596 g/mol. The fraction of sp³-hybridized carbons (Fsp3) is 0.519. The van der Waals surface area contributed by atoms with E-state index in [9.17, 15) is 50.8 Å². The summed E-state index contributed by atoms with van der Waals surface area (Å²) in [6.07, 6.45) is -16.1. The summed E-state index contributed by atoms with van der Waals surface area (Å²) in [7, 11) is 0. The molecule has 15 nitrogen and oxygen atoms in total. The van der Waals surface area contributed by atoms with Gasteiger partial charge in [0.1, 0.15) is 71.6 Å². The van der Waals surface area contributed by atoms with E-state index in [1.165, 1.54) is 31.2 Å². The van der Waals surface area contributed by atoms with E-state index >= 15 is 0 Å². The van der Waals surface area contributed by atoms with Crippen molar-refractivity contribution in [2.75, 3.05) is 6.61 Å². The first-order valence-corrected chi connectivity index (χ1v) is 13.1. The number of aromatic hydroxyl groups is 3. The van der Waals surface area contributed by atoms with E-state index in [-0.39, 0.29) is 29.2 Å². The number of phenols is 3. The first kappa shape index (κ1) is 30.2. The smallest absolute Gasteiger partial charge is 0.229 e. The second kappa shape index (κ2) is 11.8. The zero-order valence-electron chi connectivity index (χ0n) is 22.1. The van der Waals surface area contributed by atoms with Crippen LogP contribution in [0.3, 0.4) is 0 Å². The summed E-state index contributed by atoms with van der Waals surface area (Å²) in [5, 5.41) is 91.3. The van der Waals surface area contributed by atoms with Crippen molar-refractivity contribution < 1.29 is 74.4 Å². The number of phenolic OH excluding ortho intramolecular Hbond substituents is 3. The van der Waals surface area contributed by atoms with E-state index in [1.54, 1.807) is 0 Å². The second-order valence-corrected chi connectivity index (χ2v) is 10.4. The summed E-state index contributed by atoms with van der Waals surface area (Å²) in [5.41, 5.74) is 0.255. The summed E-state index contributed by atoms with van der Waals surface area (Å²) in [6, 6.07) is 6.26. The lowest BCUT2D eigenvalue weighted by Gasteiger charge is -2.42. The van der Waals surface area contributed by atoms with Gasteiger partial charge in [-0.1, -0.05) is 6.07 Å². The van der Waals surface area contributed by atoms with Gasteiger partial charge >= 0.3 is 0 Å². The van der Waals surface area contributed by atoms with Crippen molar-refractivity contribution in [3.8, 4) is 28.7 Å². The molecule has 0 unspecified atom stereocenters. The van der Waals surface area contributed by atoms with Crippen molar-refractivity contribution in [1.82, 2.24) is 0 Å². The molecule has 5 rings (SSSR count). The molecule has 0 radical (unpaired) electrons. The maximum Gasteiger partial charge on any atom is 0.229 e. The molecule has 15 heteroatoms. The molecule has 0 aliphatic carbocycles. The van der Waals surface area contributed by atoms with Crippen LogP contribution in [-0.2, 0) is 14.2 Å². The first-order valence-electron chi connectivity index (χ1n) is 13.1. The third-order valence-corrected chi connectivity index (χ3v) is 7.50. The summed E-state index contributed by atoms with van der Waals surface area (Å²) in [6.45, 7) is 0.949. The molecule has 2 fully saturated rings. The molecular weight excluding hydrogens is 564 g/mol. The first-order chi connectivity index (χ1) is 19.8. The number of aliphatic hydroxyl groups is 6. The number of hydrogen-bond donors (Lipinski definition) is 9. The predicted octanol–water partition coefficient (Wildman–Crippen LogP) is -1.46. The van der Waals surface area contributed by atoms with E-state index in [0.29, 0.717) is 5.56 Å². The van der Waals surface area contributed by atoms with Crippen LogP contribution in [0.5, 0.6) is 28.7 Å². The quantitative estimate of drug-likeness (QED) is 0.173. The van der Waals surface area contributed by atoms with Crippen LogP contribution in [0.1, 0.15) is 35.4 Å². The number of carbonyl (C=O) groups excluding carboxylic acids is 1. The van der Waals surface area contributed by atoms with Gasteiger partial charge in [0.25, 0.3) is 0 Å². The van der Waals surface area contributed by atoms with Crippen LogP contribution in [-0.4, -0.2) is 120 Å². The van der Waals surface area contributed by atoms with Crippen LogP contribution in [0.2, 0.25) is 0 Å². The molecule has 0 spiro atoms. The number of ether oxygens (including phenoxy) is 5. The Hall–Kier alpha value is -3.25. The zero-order valence-corrected chi connectivity index (χ0v) is 22.1. The second-order valence-electron chi connectivity index (χ2n) is 10.4. The molecular formula is C27H32O15. The van der Waals surface area contributed by atoms with Crippen molar-refractivity contribution in [3.63, 3.8) is 0 Å². The molecule has 2 aromatic rings. The summed E-state index contributed by atoms with van der Waals surface area (Å²) >= 11 is 0. The average molecular weight is 597 g/mol. The Morgan fingerprint density at radius 3 is 2.19 bits per heavy atom. The number of hydrogen-bond acceptors (Lipinski definition) is 15. The molecule has 0 aromatic heterocycles. The highest BCUT2D eigenvalue weighted by molar-refractivity contribution is 6.02. The summed E-state index contributed by atoms with van der Waals surface area (Å²) in [4.78, 5) is 12.8. The Kier molecular flexibility index (Phi) is 8.48. The highest BCUT2D eigenvalue weighted by atomic mass is 16.7. The fourth-order valence-corrected chi connectivity index (χ4v) is 5.04. The minimum absolute atomic E-state index is 0.0807. The molecule has 11 atom stereocenters. The van der Waals surface area contributed by atoms with Gasteiger partial charge in [-0.2, -0.15) is 0 Å². The van der Waals surface area contributed by atoms with Crippen LogP contribution < -0.4 is 9.47 Å². The van der Waals surface area contributed by atoms with E-state index in [1.807, 2.05) is 0 Å². The normalized spacial score (nSPS) is 36.6. The Balaban J connectivity index is 1.30. The van der Waals surface area contributed by atoms with Gasteiger partial charge in [-0.3, -0.25) is 4.79 Å². The number of aliphatic hydroxyl groups excluding tert-OH is 6. The number of fused-ring (bicyclic) bond motifs is 1. The van der Waals surface area contributed by atoms with Crippen LogP contribution in [0.25, 0.3) is 0 Å². The van der Waals surface area contributed by atoms with Crippen molar-refractivity contribution >= 4 is 5.78 Å². The van der Waals surface area contributed by atoms with Crippen molar-refractivity contribution in [2.24, 2.45) is 0 Å². The maximum absolute atomic E-state index is 12.8. The molecule has 42 heavy (non-hydrogen) atoms. The van der Waals surface area contributed by atoms with Crippen LogP contribution in [0.15, 0.2) is 30.3 Å². The van der Waals surface area contributed by atoms with Crippen molar-refractivity contribution in [1.29, 1.82) is 0 Å². The zero-order chi connectivity index (χ0) is 30.5. The van der Waals surface area contributed by atoms with Crippen molar-refractivity contribution in [2.45, 2.75) is 80.9 Å². The number of ketones is 1. The van der Waals surface area contributed by atoms with Gasteiger partial charge < -0.3 is 69.6 Å². The van der Waals surface area contributed by atoms with Crippen LogP contribution in [0, 0.1) is 0 Å². The number of Topliss-reactive ketones (excluding diaryl/α,β-unsaturated/α-hetero) is 1. The fourth-order valence-electron chi connectivity index (χ4n) is 5.04. The molecule has 9 N–H and O–H groups in total. The lowest BCUT2D eigenvalue weighted by Crippen LogP contribution is -2.61. The minimum Gasteiger partial charge on any atom is -0.507 e. The van der Waals surface area contributed by atoms with Gasteiger partial charge in [0.2, 0.25) is 6.29 Å². The van der Waals surface area contributed by atoms with Gasteiger partial charge in [0.15, 0.2) is 23.6 Å². The number of rotatable bonds is 6. The Morgan fingerprint density at radius 1 is 0.786 bits per heavy atom. The highest BCUT2D eigenvalue weighted by Crippen LogP contribution is 2.43. The van der Waals surface area contributed by atoms with E-state index in [0.717, 1.165) is 6.07 Å². The molecule has 3 aliphatic heterocycles. The molecule has 0 saturated carbocycles. The highest BCUT2D eigenvalue weighted by Gasteiger charge is 2.47. The van der Waals surface area contributed by atoms with Gasteiger partial charge in [0, 0.05) is 12.1 Å². The number of benzene rings is 2. The maximum atomic E-state index is 12.8. The molecule has 0 bridgehead atoms. The lowest BCUT2D eigenvalue weighted by molar-refractivity contribution is -0.318. The third-order valence-electron chi connectivity index (χ3n) is 7.50. The topological polar surface area (TPSA) is 245 Å². The van der Waals surface area contributed by atoms with E-state index < -0.39 is 91.4 Å². The third kappa shape index (κ3) is 5.70. The predicted molar refractivity (Wildman–Crippen MR) is 136 cm³/mol. The Bertz CT molecular complexity index is 1300. The SMILES string of the molecule is C[C@H]1O[C@@H](OC[C@H]2O[C@@H](Oc3cc(O)c4c(c3)O[C@H](c3ccc(O)c(O)c3)CC4=O)[C@@H](O)[C@@H](O)[C@H]2O)[C@@H](O)[C@@H](O)[C@@H]1O.